The molecule has 0 atom stereocenters. The minimum Gasteiger partial charge on any atom is -0.248 e. The highest BCUT2D eigenvalue weighted by molar-refractivity contribution is 6.06. The molecule has 21 heavy (non-hydrogen) atoms. The molecular formula is C20H15N. The first-order chi connectivity index (χ1) is 10.3. The summed E-state index contributed by atoms with van der Waals surface area (Å²) in [4.78, 5) is 4.84. The number of nitrogens with zero attached hydrogens (tertiary/aromatic N) is 1. The number of hydrogen-bond donors (Lipinski definition) is 0. The summed E-state index contributed by atoms with van der Waals surface area (Å²) in [6.07, 6.45) is 0. The first-order valence-corrected chi connectivity index (χ1v) is 7.17. The van der Waals surface area contributed by atoms with Gasteiger partial charge in [0.2, 0.25) is 0 Å². The molecule has 0 saturated carbocycles. The van der Waals surface area contributed by atoms with Gasteiger partial charge in [0.1, 0.15) is 0 Å². The van der Waals surface area contributed by atoms with Crippen molar-refractivity contribution in [2.45, 2.75) is 6.92 Å². The predicted molar refractivity (Wildman–Crippen MR) is 89.4 cm³/mol. The maximum atomic E-state index is 4.84. The van der Waals surface area contributed by atoms with Crippen LogP contribution in [0.15, 0.2) is 72.8 Å². The maximum Gasteiger partial charge on any atom is 0.0715 e. The van der Waals surface area contributed by atoms with Crippen molar-refractivity contribution in [3.8, 4) is 11.3 Å². The van der Waals surface area contributed by atoms with Gasteiger partial charge in [-0.05, 0) is 35.9 Å². The molecule has 1 heterocycles. The SMILES string of the molecule is Cc1cccc(-c2ccc3c(ccc4ccccc43)n2)c1. The summed E-state index contributed by atoms with van der Waals surface area (Å²) in [6.45, 7) is 2.11. The van der Waals surface area contributed by atoms with Gasteiger partial charge < -0.3 is 0 Å². The van der Waals surface area contributed by atoms with Crippen LogP contribution in [0.25, 0.3) is 32.9 Å². The lowest BCUT2D eigenvalue weighted by Gasteiger charge is -2.07. The topological polar surface area (TPSA) is 12.9 Å². The number of rotatable bonds is 1. The van der Waals surface area contributed by atoms with Gasteiger partial charge in [-0.15, -0.1) is 0 Å². The van der Waals surface area contributed by atoms with Crippen LogP contribution in [0, 0.1) is 6.92 Å². The number of hydrogen-bond acceptors (Lipinski definition) is 1. The molecule has 0 amide bonds. The first-order valence-electron chi connectivity index (χ1n) is 7.17. The monoisotopic (exact) mass is 269 g/mol. The van der Waals surface area contributed by atoms with Crippen LogP contribution in [0.2, 0.25) is 0 Å². The number of fused-ring (bicyclic) bond motifs is 3. The van der Waals surface area contributed by atoms with Gasteiger partial charge in [0, 0.05) is 10.9 Å². The van der Waals surface area contributed by atoms with E-state index in [2.05, 4.69) is 79.7 Å². The van der Waals surface area contributed by atoms with Crippen LogP contribution in [-0.2, 0) is 0 Å². The Morgan fingerprint density at radius 2 is 1.62 bits per heavy atom. The molecule has 0 fully saturated rings. The second-order valence-corrected chi connectivity index (χ2v) is 5.42. The fourth-order valence-electron chi connectivity index (χ4n) is 2.85. The quantitative estimate of drug-likeness (QED) is 0.424. The Hall–Kier alpha value is -2.67. The van der Waals surface area contributed by atoms with E-state index in [1.807, 2.05) is 0 Å². The molecule has 0 unspecified atom stereocenters. The molecule has 0 radical (unpaired) electrons. The summed E-state index contributed by atoms with van der Waals surface area (Å²) < 4.78 is 0. The van der Waals surface area contributed by atoms with Crippen molar-refractivity contribution in [2.75, 3.05) is 0 Å². The van der Waals surface area contributed by atoms with Crippen LogP contribution in [0.5, 0.6) is 0 Å². The van der Waals surface area contributed by atoms with Gasteiger partial charge in [0.05, 0.1) is 11.2 Å². The van der Waals surface area contributed by atoms with Gasteiger partial charge in [0.15, 0.2) is 0 Å². The van der Waals surface area contributed by atoms with Crippen LogP contribution >= 0.6 is 0 Å². The second kappa shape index (κ2) is 4.71. The van der Waals surface area contributed by atoms with Crippen molar-refractivity contribution in [2.24, 2.45) is 0 Å². The third kappa shape index (κ3) is 2.07. The smallest absolute Gasteiger partial charge is 0.0715 e. The number of aryl methyl sites for hydroxylation is 1. The molecule has 0 aliphatic carbocycles. The fourth-order valence-corrected chi connectivity index (χ4v) is 2.85. The molecule has 0 aliphatic heterocycles. The first kappa shape index (κ1) is 12.1. The van der Waals surface area contributed by atoms with E-state index in [4.69, 9.17) is 4.98 Å². The van der Waals surface area contributed by atoms with Crippen LogP contribution in [0.1, 0.15) is 5.56 Å². The Labute approximate surface area is 123 Å². The third-order valence-corrected chi connectivity index (χ3v) is 3.91. The summed E-state index contributed by atoms with van der Waals surface area (Å²) in [5.74, 6) is 0. The fraction of sp³-hybridized carbons (Fsp3) is 0.0500. The highest BCUT2D eigenvalue weighted by atomic mass is 14.7. The lowest BCUT2D eigenvalue weighted by molar-refractivity contribution is 1.38. The number of pyridine rings is 1. The van der Waals surface area contributed by atoms with Gasteiger partial charge in [-0.3, -0.25) is 0 Å². The van der Waals surface area contributed by atoms with E-state index in [-0.39, 0.29) is 0 Å². The zero-order valence-corrected chi connectivity index (χ0v) is 11.9. The van der Waals surface area contributed by atoms with Crippen LogP contribution in [-0.4, -0.2) is 4.98 Å². The highest BCUT2D eigenvalue weighted by Crippen LogP contribution is 2.27. The Morgan fingerprint density at radius 3 is 2.52 bits per heavy atom. The molecule has 1 heteroatoms. The molecule has 0 spiro atoms. The number of aromatic nitrogens is 1. The molecule has 1 aromatic heterocycles. The summed E-state index contributed by atoms with van der Waals surface area (Å²) >= 11 is 0. The zero-order valence-electron chi connectivity index (χ0n) is 11.9. The summed E-state index contributed by atoms with van der Waals surface area (Å²) in [7, 11) is 0. The lowest BCUT2D eigenvalue weighted by Crippen LogP contribution is -1.87. The minimum atomic E-state index is 1.03. The Balaban J connectivity index is 1.97. The summed E-state index contributed by atoms with van der Waals surface area (Å²) in [6, 6.07) is 25.5. The molecule has 0 saturated heterocycles. The van der Waals surface area contributed by atoms with Crippen molar-refractivity contribution >= 4 is 21.7 Å². The van der Waals surface area contributed by atoms with Crippen molar-refractivity contribution in [1.82, 2.24) is 4.98 Å². The van der Waals surface area contributed by atoms with Crippen LogP contribution in [0.3, 0.4) is 0 Å². The molecule has 0 aliphatic rings. The normalized spacial score (nSPS) is 11.1. The molecule has 0 bridgehead atoms. The minimum absolute atomic E-state index is 1.03. The molecule has 1 nitrogen and oxygen atoms in total. The van der Waals surface area contributed by atoms with Gasteiger partial charge in [0.25, 0.3) is 0 Å². The average Bonchev–Trinajstić information content (AvgIpc) is 2.54. The van der Waals surface area contributed by atoms with E-state index in [1.165, 1.54) is 27.3 Å². The third-order valence-electron chi connectivity index (χ3n) is 3.91. The molecule has 4 aromatic rings. The van der Waals surface area contributed by atoms with Crippen molar-refractivity contribution in [3.63, 3.8) is 0 Å². The van der Waals surface area contributed by atoms with Crippen molar-refractivity contribution < 1.29 is 0 Å². The van der Waals surface area contributed by atoms with Crippen LogP contribution < -0.4 is 0 Å². The Bertz CT molecular complexity index is 954. The predicted octanol–water partition coefficient (Wildman–Crippen LogP) is 5.36. The highest BCUT2D eigenvalue weighted by Gasteiger charge is 2.04. The van der Waals surface area contributed by atoms with Crippen molar-refractivity contribution in [1.29, 1.82) is 0 Å². The molecule has 3 aromatic carbocycles. The summed E-state index contributed by atoms with van der Waals surface area (Å²) in [5, 5.41) is 3.73. The number of benzene rings is 3. The molecular weight excluding hydrogens is 254 g/mol. The van der Waals surface area contributed by atoms with Gasteiger partial charge in [-0.1, -0.05) is 60.2 Å². The largest absolute Gasteiger partial charge is 0.248 e. The Morgan fingerprint density at radius 1 is 0.714 bits per heavy atom. The van der Waals surface area contributed by atoms with E-state index in [0.29, 0.717) is 0 Å². The van der Waals surface area contributed by atoms with Crippen LogP contribution in [0.4, 0.5) is 0 Å². The average molecular weight is 269 g/mol. The van der Waals surface area contributed by atoms with E-state index >= 15 is 0 Å². The second-order valence-electron chi connectivity index (χ2n) is 5.42. The van der Waals surface area contributed by atoms with E-state index in [9.17, 15) is 0 Å². The van der Waals surface area contributed by atoms with Gasteiger partial charge in [-0.2, -0.15) is 0 Å². The van der Waals surface area contributed by atoms with E-state index in [1.54, 1.807) is 0 Å². The van der Waals surface area contributed by atoms with E-state index < -0.39 is 0 Å². The van der Waals surface area contributed by atoms with E-state index in [0.717, 1.165) is 11.2 Å². The molecule has 4 rings (SSSR count). The van der Waals surface area contributed by atoms with Gasteiger partial charge >= 0.3 is 0 Å². The standard InChI is InChI=1S/C20H15N/c1-14-5-4-7-16(13-14)19-12-10-18-17-8-3-2-6-15(17)9-11-20(18)21-19/h2-13H,1H3. The zero-order chi connectivity index (χ0) is 14.2. The lowest BCUT2D eigenvalue weighted by atomic mass is 10.0. The molecule has 100 valence electrons. The Kier molecular flexibility index (Phi) is 2.71. The van der Waals surface area contributed by atoms with Crippen molar-refractivity contribution in [3.05, 3.63) is 78.4 Å². The van der Waals surface area contributed by atoms with Gasteiger partial charge in [-0.25, -0.2) is 4.98 Å². The molecule has 0 N–H and O–H groups in total. The maximum absolute atomic E-state index is 4.84. The summed E-state index contributed by atoms with van der Waals surface area (Å²) in [5.41, 5.74) is 4.51.